The van der Waals surface area contributed by atoms with E-state index in [9.17, 15) is 23.4 Å². The molecule has 2 aromatic heterocycles. The van der Waals surface area contributed by atoms with Crippen LogP contribution >= 0.6 is 22.9 Å². The van der Waals surface area contributed by atoms with Crippen molar-refractivity contribution in [2.45, 2.75) is 38.0 Å². The molecule has 4 rings (SSSR count). The number of carbonyl (C=O) groups excluding carboxylic acids is 1. The number of carbonyl (C=O) groups is 1. The average molecular weight is 553 g/mol. The highest BCUT2D eigenvalue weighted by Crippen LogP contribution is 2.34. The van der Waals surface area contributed by atoms with Crippen LogP contribution in [0.4, 0.5) is 5.82 Å². The van der Waals surface area contributed by atoms with Gasteiger partial charge in [0.15, 0.2) is 0 Å². The van der Waals surface area contributed by atoms with Crippen molar-refractivity contribution in [1.29, 1.82) is 0 Å². The molecule has 1 aliphatic rings. The maximum absolute atomic E-state index is 13.4. The molecule has 1 aliphatic carbocycles. The zero-order chi connectivity index (χ0) is 26.0. The Morgan fingerprint density at radius 3 is 2.86 bits per heavy atom. The Morgan fingerprint density at radius 1 is 1.36 bits per heavy atom. The minimum absolute atomic E-state index is 0.236. The van der Waals surface area contributed by atoms with Crippen LogP contribution in [0.1, 0.15) is 50.2 Å². The van der Waals surface area contributed by atoms with Crippen LogP contribution in [0, 0.1) is 12.8 Å². The minimum Gasteiger partial charge on any atom is -0.393 e. The molecule has 0 radical (unpaired) electrons. The lowest BCUT2D eigenvalue weighted by Gasteiger charge is -2.15. The molecule has 2 heterocycles. The molecule has 0 amide bonds. The number of aliphatic hydroxyl groups excluding tert-OH is 2. The van der Waals surface area contributed by atoms with Crippen molar-refractivity contribution in [3.63, 3.8) is 0 Å². The first-order valence-electron chi connectivity index (χ1n) is 11.0. The lowest BCUT2D eigenvalue weighted by Crippen LogP contribution is -2.24. The quantitative estimate of drug-likeness (QED) is 0.292. The highest BCUT2D eigenvalue weighted by Gasteiger charge is 2.35. The molecule has 1 fully saturated rings. The standard InChI is InChI=1S/C23H25ClN4O6S2/c1-12-17(21(30)13-3-2-4-15(24)5-13)8-20(35-12)22(31)18-9-26-11-27-23(18)28-16-6-14(19(29)7-16)10-34-36(25,32)33/h2-5,8-9,11,14,16,19,21,29-30H,6-7,10H2,1H3,(H2,25,32,33)(H,26,27,28)/t14-,16-,19+,21-/m1/s1. The number of aromatic nitrogens is 2. The number of halogens is 1. The molecule has 0 aliphatic heterocycles. The van der Waals surface area contributed by atoms with Gasteiger partial charge in [0.25, 0.3) is 0 Å². The molecule has 3 aromatic rings. The summed E-state index contributed by atoms with van der Waals surface area (Å²) in [6.45, 7) is 1.59. The topological polar surface area (TPSA) is 165 Å². The van der Waals surface area contributed by atoms with Crippen molar-refractivity contribution in [2.75, 3.05) is 11.9 Å². The number of nitrogens with one attached hydrogen (secondary N) is 1. The molecule has 36 heavy (non-hydrogen) atoms. The normalized spacial score (nSPS) is 20.9. The fourth-order valence-electron chi connectivity index (χ4n) is 4.25. The van der Waals surface area contributed by atoms with Gasteiger partial charge in [-0.2, -0.15) is 8.42 Å². The van der Waals surface area contributed by atoms with E-state index in [1.807, 2.05) is 6.92 Å². The number of hydrogen-bond donors (Lipinski definition) is 4. The molecule has 1 saturated carbocycles. The molecule has 5 N–H and O–H groups in total. The fraction of sp³-hybridized carbons (Fsp3) is 0.348. The van der Waals surface area contributed by atoms with Crippen LogP contribution in [-0.2, 0) is 14.5 Å². The predicted molar refractivity (Wildman–Crippen MR) is 135 cm³/mol. The number of benzene rings is 1. The van der Waals surface area contributed by atoms with Crippen LogP contribution in [0.5, 0.6) is 0 Å². The van der Waals surface area contributed by atoms with Gasteiger partial charge in [-0.1, -0.05) is 23.7 Å². The summed E-state index contributed by atoms with van der Waals surface area (Å²) >= 11 is 7.31. The number of ketones is 1. The third-order valence-electron chi connectivity index (χ3n) is 6.04. The van der Waals surface area contributed by atoms with Gasteiger partial charge in [-0.3, -0.25) is 8.98 Å². The van der Waals surface area contributed by atoms with Gasteiger partial charge < -0.3 is 15.5 Å². The smallest absolute Gasteiger partial charge is 0.333 e. The first-order chi connectivity index (χ1) is 17.0. The van der Waals surface area contributed by atoms with E-state index < -0.39 is 28.4 Å². The number of anilines is 1. The largest absolute Gasteiger partial charge is 0.393 e. The van der Waals surface area contributed by atoms with E-state index in [0.717, 1.165) is 4.88 Å². The van der Waals surface area contributed by atoms with Gasteiger partial charge in [0.1, 0.15) is 18.2 Å². The summed E-state index contributed by atoms with van der Waals surface area (Å²) in [6, 6.07) is 8.29. The van der Waals surface area contributed by atoms with E-state index >= 15 is 0 Å². The van der Waals surface area contributed by atoms with E-state index in [4.69, 9.17) is 16.7 Å². The van der Waals surface area contributed by atoms with Gasteiger partial charge in [0, 0.05) is 28.1 Å². The zero-order valence-electron chi connectivity index (χ0n) is 19.2. The minimum atomic E-state index is -4.11. The summed E-state index contributed by atoms with van der Waals surface area (Å²) in [6.07, 6.45) is 1.67. The molecule has 4 atom stereocenters. The lowest BCUT2D eigenvalue weighted by atomic mass is 10.0. The van der Waals surface area contributed by atoms with Crippen molar-refractivity contribution in [1.82, 2.24) is 9.97 Å². The van der Waals surface area contributed by atoms with Gasteiger partial charge in [-0.05, 0) is 49.1 Å². The monoisotopic (exact) mass is 552 g/mol. The Bertz CT molecular complexity index is 1370. The van der Waals surface area contributed by atoms with Crippen molar-refractivity contribution < 1.29 is 27.6 Å². The number of rotatable bonds is 9. The molecular weight excluding hydrogens is 528 g/mol. The van der Waals surface area contributed by atoms with Gasteiger partial charge in [-0.15, -0.1) is 11.3 Å². The number of aryl methyl sites for hydroxylation is 1. The summed E-state index contributed by atoms with van der Waals surface area (Å²) in [7, 11) is -4.11. The average Bonchev–Trinajstić information content (AvgIpc) is 3.38. The van der Waals surface area contributed by atoms with Crippen LogP contribution in [0.2, 0.25) is 5.02 Å². The Hall–Kier alpha value is -2.45. The maximum atomic E-state index is 13.4. The molecule has 10 nitrogen and oxygen atoms in total. The molecule has 192 valence electrons. The Morgan fingerprint density at radius 2 is 2.14 bits per heavy atom. The van der Waals surface area contributed by atoms with Crippen molar-refractivity contribution in [3.8, 4) is 0 Å². The highest BCUT2D eigenvalue weighted by atomic mass is 35.5. The number of nitrogens with zero attached hydrogens (tertiary/aromatic N) is 2. The van der Waals surface area contributed by atoms with Gasteiger partial charge in [-0.25, -0.2) is 15.1 Å². The second-order valence-corrected chi connectivity index (χ2v) is 11.5. The molecule has 0 bridgehead atoms. The van der Waals surface area contributed by atoms with Gasteiger partial charge >= 0.3 is 10.3 Å². The Kier molecular flexibility index (Phi) is 8.05. The number of aliphatic hydroxyl groups is 2. The fourth-order valence-corrected chi connectivity index (χ4v) is 5.82. The van der Waals surface area contributed by atoms with Crippen molar-refractivity contribution >= 4 is 44.8 Å². The summed E-state index contributed by atoms with van der Waals surface area (Å²) < 4.78 is 26.8. The number of thiophene rings is 1. The van der Waals surface area contributed by atoms with E-state index in [1.54, 1.807) is 30.3 Å². The van der Waals surface area contributed by atoms with Crippen LogP contribution in [0.25, 0.3) is 0 Å². The summed E-state index contributed by atoms with van der Waals surface area (Å²) in [5.41, 5.74) is 1.46. The second kappa shape index (κ2) is 10.9. The molecule has 1 aromatic carbocycles. The molecule has 0 saturated heterocycles. The van der Waals surface area contributed by atoms with Crippen LogP contribution in [-0.4, -0.2) is 53.1 Å². The summed E-state index contributed by atoms with van der Waals surface area (Å²) in [5, 5.41) is 29.7. The molecule has 0 spiro atoms. The number of hydrogen-bond acceptors (Lipinski definition) is 10. The summed E-state index contributed by atoms with van der Waals surface area (Å²) in [4.78, 5) is 22.8. The third-order valence-corrected chi connectivity index (χ3v) is 7.81. The van der Waals surface area contributed by atoms with Crippen LogP contribution < -0.4 is 10.5 Å². The van der Waals surface area contributed by atoms with Crippen molar-refractivity contribution in [2.24, 2.45) is 11.1 Å². The SMILES string of the molecule is Cc1sc(C(=O)c2cncnc2N[C@@H]2C[C@H](COS(N)(=O)=O)[C@@H](O)C2)cc1[C@H](O)c1cccc(Cl)c1. The van der Waals surface area contributed by atoms with Crippen LogP contribution in [0.3, 0.4) is 0 Å². The first-order valence-corrected chi connectivity index (χ1v) is 13.7. The number of nitrogens with two attached hydrogens (primary N) is 1. The van der Waals surface area contributed by atoms with E-state index in [2.05, 4.69) is 19.5 Å². The Balaban J connectivity index is 1.51. The van der Waals surface area contributed by atoms with E-state index in [1.165, 1.54) is 23.9 Å². The van der Waals surface area contributed by atoms with Crippen molar-refractivity contribution in [3.05, 3.63) is 74.3 Å². The highest BCUT2D eigenvalue weighted by molar-refractivity contribution is 7.84. The van der Waals surface area contributed by atoms with Gasteiger partial charge in [0.05, 0.1) is 23.2 Å². The first kappa shape index (κ1) is 26.6. The predicted octanol–water partition coefficient (Wildman–Crippen LogP) is 2.58. The Labute approximate surface area is 217 Å². The van der Waals surface area contributed by atoms with E-state index in [0.29, 0.717) is 39.7 Å². The van der Waals surface area contributed by atoms with E-state index in [-0.39, 0.29) is 24.0 Å². The zero-order valence-corrected chi connectivity index (χ0v) is 21.6. The van der Waals surface area contributed by atoms with Gasteiger partial charge in [0.2, 0.25) is 5.78 Å². The molecule has 13 heteroatoms. The third kappa shape index (κ3) is 6.27. The maximum Gasteiger partial charge on any atom is 0.333 e. The molecular formula is C23H25ClN4O6S2. The lowest BCUT2D eigenvalue weighted by molar-refractivity contribution is 0.101. The van der Waals surface area contributed by atoms with Crippen LogP contribution in [0.15, 0.2) is 42.9 Å². The second-order valence-electron chi connectivity index (χ2n) is 8.61. The molecule has 0 unspecified atom stereocenters. The summed E-state index contributed by atoms with van der Waals surface area (Å²) in [5.74, 6) is -0.469.